The molecule has 2 unspecified atom stereocenters. The molecule has 1 fully saturated rings. The van der Waals surface area contributed by atoms with Crippen LogP contribution < -0.4 is 5.32 Å². The van der Waals surface area contributed by atoms with E-state index >= 15 is 0 Å². The van der Waals surface area contributed by atoms with E-state index in [9.17, 15) is 0 Å². The first kappa shape index (κ1) is 13.5. The van der Waals surface area contributed by atoms with Gasteiger partial charge < -0.3 is 15.1 Å². The highest BCUT2D eigenvalue weighted by atomic mass is 15.3. The van der Waals surface area contributed by atoms with Gasteiger partial charge in [0.05, 0.1) is 6.04 Å². The molecule has 1 rings (SSSR count). The molecule has 1 heterocycles. The van der Waals surface area contributed by atoms with Crippen molar-refractivity contribution >= 4 is 0 Å². The summed E-state index contributed by atoms with van der Waals surface area (Å²) in [6.45, 7) is 6.62. The van der Waals surface area contributed by atoms with Gasteiger partial charge in [-0.15, -0.1) is 6.42 Å². The van der Waals surface area contributed by atoms with E-state index in [0.717, 1.165) is 39.0 Å². The Morgan fingerprint density at radius 3 is 2.81 bits per heavy atom. The van der Waals surface area contributed by atoms with Gasteiger partial charge in [-0.25, -0.2) is 0 Å². The fourth-order valence-electron chi connectivity index (χ4n) is 2.16. The molecule has 0 aromatic carbocycles. The molecule has 0 aromatic rings. The second-order valence-corrected chi connectivity index (χ2v) is 4.81. The van der Waals surface area contributed by atoms with Crippen molar-refractivity contribution in [2.75, 3.05) is 40.3 Å². The minimum Gasteiger partial charge on any atom is -0.304 e. The number of likely N-dealkylation sites (N-methyl/N-ethyl adjacent to an activating group) is 2. The van der Waals surface area contributed by atoms with Gasteiger partial charge in [0.15, 0.2) is 0 Å². The van der Waals surface area contributed by atoms with Crippen LogP contribution in [0.5, 0.6) is 0 Å². The van der Waals surface area contributed by atoms with Crippen LogP contribution in [0.25, 0.3) is 0 Å². The smallest absolute Gasteiger partial charge is 0.0702 e. The van der Waals surface area contributed by atoms with E-state index < -0.39 is 0 Å². The molecule has 1 saturated heterocycles. The van der Waals surface area contributed by atoms with Crippen molar-refractivity contribution in [2.24, 2.45) is 0 Å². The molecule has 92 valence electrons. The fourth-order valence-corrected chi connectivity index (χ4v) is 2.16. The average molecular weight is 223 g/mol. The third kappa shape index (κ3) is 4.13. The lowest BCUT2D eigenvalue weighted by molar-refractivity contribution is 0.105. The van der Waals surface area contributed by atoms with Crippen LogP contribution in [0.3, 0.4) is 0 Å². The lowest BCUT2D eigenvalue weighted by atomic mass is 10.0. The summed E-state index contributed by atoms with van der Waals surface area (Å²) < 4.78 is 0. The van der Waals surface area contributed by atoms with E-state index in [1.54, 1.807) is 0 Å². The van der Waals surface area contributed by atoms with Gasteiger partial charge in [-0.2, -0.15) is 0 Å². The highest BCUT2D eigenvalue weighted by Crippen LogP contribution is 2.11. The number of nitrogens with zero attached hydrogens (tertiary/aromatic N) is 2. The van der Waals surface area contributed by atoms with Crippen molar-refractivity contribution in [1.29, 1.82) is 0 Å². The molecule has 16 heavy (non-hydrogen) atoms. The Morgan fingerprint density at radius 1 is 1.44 bits per heavy atom. The van der Waals surface area contributed by atoms with Crippen molar-refractivity contribution in [3.8, 4) is 12.3 Å². The summed E-state index contributed by atoms with van der Waals surface area (Å²) in [5.74, 6) is 2.86. The van der Waals surface area contributed by atoms with Crippen molar-refractivity contribution in [3.05, 3.63) is 0 Å². The predicted octanol–water partition coefficient (Wildman–Crippen LogP) is 0.624. The Labute approximate surface area is 100 Å². The first-order valence-corrected chi connectivity index (χ1v) is 6.25. The van der Waals surface area contributed by atoms with E-state index in [2.05, 4.69) is 42.1 Å². The molecule has 1 aliphatic heterocycles. The normalized spacial score (nSPS) is 25.2. The van der Waals surface area contributed by atoms with Crippen molar-refractivity contribution in [1.82, 2.24) is 15.1 Å². The second kappa shape index (κ2) is 6.90. The third-order valence-electron chi connectivity index (χ3n) is 3.33. The SMILES string of the molecule is C#CC(CC1CN(C)CCN1C)NCCC. The molecule has 0 saturated carbocycles. The summed E-state index contributed by atoms with van der Waals surface area (Å²) >= 11 is 0. The molecule has 3 nitrogen and oxygen atoms in total. The lowest BCUT2D eigenvalue weighted by Crippen LogP contribution is -2.52. The standard InChI is InChI=1S/C13H25N3/c1-5-7-14-12(6-2)10-13-11-15(3)8-9-16(13)4/h2,12-14H,5,7-11H2,1,3-4H3. The van der Waals surface area contributed by atoms with Crippen LogP contribution in [0.4, 0.5) is 0 Å². The second-order valence-electron chi connectivity index (χ2n) is 4.81. The summed E-state index contributed by atoms with van der Waals surface area (Å²) in [5, 5.41) is 3.42. The number of terminal acetylenes is 1. The first-order chi connectivity index (χ1) is 7.67. The van der Waals surface area contributed by atoms with Gasteiger partial charge in [0.1, 0.15) is 0 Å². The zero-order valence-electron chi connectivity index (χ0n) is 10.9. The minimum atomic E-state index is 0.221. The summed E-state index contributed by atoms with van der Waals surface area (Å²) in [4.78, 5) is 4.82. The van der Waals surface area contributed by atoms with Crippen LogP contribution in [0.15, 0.2) is 0 Å². The van der Waals surface area contributed by atoms with E-state index in [4.69, 9.17) is 6.42 Å². The van der Waals surface area contributed by atoms with Gasteiger partial charge in [0.25, 0.3) is 0 Å². The summed E-state index contributed by atoms with van der Waals surface area (Å²) in [7, 11) is 4.38. The summed E-state index contributed by atoms with van der Waals surface area (Å²) in [6.07, 6.45) is 7.76. The van der Waals surface area contributed by atoms with Gasteiger partial charge in [-0.1, -0.05) is 12.8 Å². The topological polar surface area (TPSA) is 18.5 Å². The molecule has 0 bridgehead atoms. The number of hydrogen-bond donors (Lipinski definition) is 1. The van der Waals surface area contributed by atoms with Crippen LogP contribution >= 0.6 is 0 Å². The predicted molar refractivity (Wildman–Crippen MR) is 69.4 cm³/mol. The monoisotopic (exact) mass is 223 g/mol. The highest BCUT2D eigenvalue weighted by molar-refractivity contribution is 5.01. The molecule has 0 aliphatic carbocycles. The van der Waals surface area contributed by atoms with Crippen LogP contribution in [0, 0.1) is 12.3 Å². The maximum atomic E-state index is 5.57. The lowest BCUT2D eigenvalue weighted by Gasteiger charge is -2.38. The van der Waals surface area contributed by atoms with Gasteiger partial charge >= 0.3 is 0 Å². The zero-order valence-corrected chi connectivity index (χ0v) is 10.9. The fraction of sp³-hybridized carbons (Fsp3) is 0.846. The van der Waals surface area contributed by atoms with Crippen molar-refractivity contribution < 1.29 is 0 Å². The van der Waals surface area contributed by atoms with Crippen LogP contribution in [-0.4, -0.2) is 62.2 Å². The van der Waals surface area contributed by atoms with Gasteiger partial charge in [0.2, 0.25) is 0 Å². The van der Waals surface area contributed by atoms with Crippen LogP contribution in [-0.2, 0) is 0 Å². The quantitative estimate of drug-likeness (QED) is 0.690. The van der Waals surface area contributed by atoms with Gasteiger partial charge in [0, 0.05) is 25.7 Å². The maximum Gasteiger partial charge on any atom is 0.0702 e. The maximum absolute atomic E-state index is 5.57. The molecule has 2 atom stereocenters. The summed E-state index contributed by atoms with van der Waals surface area (Å²) in [5.41, 5.74) is 0. The minimum absolute atomic E-state index is 0.221. The molecule has 0 amide bonds. The average Bonchev–Trinajstić information content (AvgIpc) is 2.28. The molecule has 1 N–H and O–H groups in total. The Hall–Kier alpha value is -0.560. The van der Waals surface area contributed by atoms with Crippen LogP contribution in [0.2, 0.25) is 0 Å². The number of piperazine rings is 1. The molecule has 0 aromatic heterocycles. The first-order valence-electron chi connectivity index (χ1n) is 6.25. The molecular formula is C13H25N3. The Bertz CT molecular complexity index is 234. The van der Waals surface area contributed by atoms with Crippen LogP contribution in [0.1, 0.15) is 19.8 Å². The summed E-state index contributed by atoms with van der Waals surface area (Å²) in [6, 6.07) is 0.808. The van der Waals surface area contributed by atoms with Crippen molar-refractivity contribution in [3.63, 3.8) is 0 Å². The number of hydrogen-bond acceptors (Lipinski definition) is 3. The van der Waals surface area contributed by atoms with E-state index in [-0.39, 0.29) is 6.04 Å². The van der Waals surface area contributed by atoms with Gasteiger partial charge in [-0.3, -0.25) is 0 Å². The Kier molecular flexibility index (Phi) is 5.83. The molecular weight excluding hydrogens is 198 g/mol. The number of rotatable bonds is 5. The Balaban J connectivity index is 2.40. The zero-order chi connectivity index (χ0) is 12.0. The largest absolute Gasteiger partial charge is 0.304 e. The van der Waals surface area contributed by atoms with E-state index in [1.165, 1.54) is 0 Å². The third-order valence-corrected chi connectivity index (χ3v) is 3.33. The molecule has 0 radical (unpaired) electrons. The molecule has 0 spiro atoms. The van der Waals surface area contributed by atoms with E-state index in [1.807, 2.05) is 0 Å². The number of nitrogens with one attached hydrogen (secondary N) is 1. The Morgan fingerprint density at radius 2 is 2.19 bits per heavy atom. The molecule has 1 aliphatic rings. The van der Waals surface area contributed by atoms with E-state index in [0.29, 0.717) is 6.04 Å². The highest BCUT2D eigenvalue weighted by Gasteiger charge is 2.24. The molecule has 3 heteroatoms. The van der Waals surface area contributed by atoms with Crippen molar-refractivity contribution in [2.45, 2.75) is 31.8 Å². The van der Waals surface area contributed by atoms with Gasteiger partial charge in [-0.05, 0) is 33.5 Å².